The van der Waals surface area contributed by atoms with Crippen molar-refractivity contribution in [1.82, 2.24) is 5.32 Å². The Bertz CT molecular complexity index is 746. The molecule has 0 aliphatic rings. The molecule has 0 aliphatic carbocycles. The molecule has 2 N–H and O–H groups in total. The molecule has 0 bridgehead atoms. The van der Waals surface area contributed by atoms with Gasteiger partial charge in [-0.3, -0.25) is 9.00 Å². The largest absolute Gasteiger partial charge is 0.508 e. The molecule has 6 nitrogen and oxygen atoms in total. The molecule has 132 valence electrons. The lowest BCUT2D eigenvalue weighted by atomic mass is 10.1. The Labute approximate surface area is 148 Å². The minimum Gasteiger partial charge on any atom is -0.508 e. The number of carbonyl (C=O) groups excluding carboxylic acids is 2. The van der Waals surface area contributed by atoms with Crippen LogP contribution in [0.5, 0.6) is 5.75 Å². The second-order valence-corrected chi connectivity index (χ2v) is 6.82. The summed E-state index contributed by atoms with van der Waals surface area (Å²) in [6.45, 7) is 0. The first-order valence-corrected chi connectivity index (χ1v) is 8.94. The van der Waals surface area contributed by atoms with Crippen molar-refractivity contribution in [1.29, 1.82) is 0 Å². The van der Waals surface area contributed by atoms with E-state index in [1.54, 1.807) is 24.3 Å². The second-order valence-electron chi connectivity index (χ2n) is 5.25. The van der Waals surface area contributed by atoms with E-state index in [1.807, 2.05) is 6.07 Å². The quantitative estimate of drug-likeness (QED) is 0.735. The number of rotatable bonds is 7. The van der Waals surface area contributed by atoms with E-state index in [0.717, 1.165) is 0 Å². The predicted molar refractivity (Wildman–Crippen MR) is 93.7 cm³/mol. The fourth-order valence-corrected chi connectivity index (χ4v) is 3.31. The molecule has 0 unspecified atom stereocenters. The Morgan fingerprint density at radius 3 is 2.36 bits per heavy atom. The van der Waals surface area contributed by atoms with Crippen molar-refractivity contribution in [2.24, 2.45) is 0 Å². The van der Waals surface area contributed by atoms with Gasteiger partial charge in [-0.1, -0.05) is 18.2 Å². The van der Waals surface area contributed by atoms with E-state index in [1.165, 1.54) is 31.4 Å². The number of hydrogen-bond donors (Lipinski definition) is 2. The lowest BCUT2D eigenvalue weighted by Crippen LogP contribution is -2.42. The van der Waals surface area contributed by atoms with Gasteiger partial charge >= 0.3 is 5.97 Å². The zero-order chi connectivity index (χ0) is 18.2. The third-order valence-electron chi connectivity index (χ3n) is 3.52. The molecule has 2 atom stereocenters. The van der Waals surface area contributed by atoms with Crippen molar-refractivity contribution in [2.75, 3.05) is 12.9 Å². The molecule has 0 aliphatic heterocycles. The highest BCUT2D eigenvalue weighted by Gasteiger charge is 2.23. The Hall–Kier alpha value is -2.67. The van der Waals surface area contributed by atoms with Crippen LogP contribution in [0.3, 0.4) is 0 Å². The van der Waals surface area contributed by atoms with Crippen LogP contribution in [0.25, 0.3) is 0 Å². The first-order chi connectivity index (χ1) is 12.0. The molecule has 2 rings (SSSR count). The average Bonchev–Trinajstić information content (AvgIpc) is 2.65. The number of nitrogens with one attached hydrogen (secondary N) is 1. The van der Waals surface area contributed by atoms with Gasteiger partial charge in [-0.15, -0.1) is 0 Å². The highest BCUT2D eigenvalue weighted by atomic mass is 32.2. The first kappa shape index (κ1) is 18.7. The van der Waals surface area contributed by atoms with Gasteiger partial charge in [0, 0.05) is 16.2 Å². The molecule has 0 radical (unpaired) electrons. The molecular formula is C18H19NO5S. The number of esters is 1. The molecule has 25 heavy (non-hydrogen) atoms. The maximum Gasteiger partial charge on any atom is 0.328 e. The third kappa shape index (κ3) is 5.42. The number of carbonyl (C=O) groups is 2. The van der Waals surface area contributed by atoms with Crippen LogP contribution in [0, 0.1) is 0 Å². The summed E-state index contributed by atoms with van der Waals surface area (Å²) < 4.78 is 17.0. The van der Waals surface area contributed by atoms with Crippen LogP contribution in [-0.2, 0) is 20.3 Å². The number of ether oxygens (including phenoxy) is 1. The topological polar surface area (TPSA) is 92.7 Å². The summed E-state index contributed by atoms with van der Waals surface area (Å²) in [6, 6.07) is 13.7. The average molecular weight is 361 g/mol. The van der Waals surface area contributed by atoms with Crippen LogP contribution in [0.4, 0.5) is 0 Å². The SMILES string of the molecule is COC(=O)[C@H](CC[S@@](=O)c1ccccc1)NC(=O)c1ccc(O)cc1. The molecule has 0 aromatic heterocycles. The molecule has 1 amide bonds. The lowest BCUT2D eigenvalue weighted by Gasteiger charge is -2.16. The van der Waals surface area contributed by atoms with Gasteiger partial charge < -0.3 is 15.2 Å². The van der Waals surface area contributed by atoms with Gasteiger partial charge in [0.25, 0.3) is 5.91 Å². The van der Waals surface area contributed by atoms with Crippen molar-refractivity contribution >= 4 is 22.7 Å². The molecular weight excluding hydrogens is 342 g/mol. The normalized spacial score (nSPS) is 12.8. The summed E-state index contributed by atoms with van der Waals surface area (Å²) in [4.78, 5) is 24.8. The van der Waals surface area contributed by atoms with Crippen LogP contribution >= 0.6 is 0 Å². The summed E-state index contributed by atoms with van der Waals surface area (Å²) in [5.74, 6) is -0.822. The molecule has 2 aromatic rings. The lowest BCUT2D eigenvalue weighted by molar-refractivity contribution is -0.142. The van der Waals surface area contributed by atoms with Crippen molar-refractivity contribution in [3.8, 4) is 5.75 Å². The van der Waals surface area contributed by atoms with Gasteiger partial charge in [0.2, 0.25) is 0 Å². The molecule has 7 heteroatoms. The maximum absolute atomic E-state index is 12.3. The van der Waals surface area contributed by atoms with Crippen molar-refractivity contribution < 1.29 is 23.6 Å². The fraction of sp³-hybridized carbons (Fsp3) is 0.222. The van der Waals surface area contributed by atoms with Crippen LogP contribution in [0.1, 0.15) is 16.8 Å². The van der Waals surface area contributed by atoms with Crippen molar-refractivity contribution in [2.45, 2.75) is 17.4 Å². The summed E-state index contributed by atoms with van der Waals surface area (Å²) in [5, 5.41) is 11.8. The Balaban J connectivity index is 2.01. The zero-order valence-electron chi connectivity index (χ0n) is 13.7. The van der Waals surface area contributed by atoms with Crippen LogP contribution < -0.4 is 5.32 Å². The Kier molecular flexibility index (Phi) is 6.71. The molecule has 0 saturated carbocycles. The smallest absolute Gasteiger partial charge is 0.328 e. The summed E-state index contributed by atoms with van der Waals surface area (Å²) in [5.41, 5.74) is 0.302. The Morgan fingerprint density at radius 2 is 1.76 bits per heavy atom. The molecule has 0 spiro atoms. The van der Waals surface area contributed by atoms with Gasteiger partial charge in [-0.2, -0.15) is 0 Å². The van der Waals surface area contributed by atoms with Gasteiger partial charge in [-0.05, 0) is 42.8 Å². The monoisotopic (exact) mass is 361 g/mol. The van der Waals surface area contributed by atoms with Gasteiger partial charge in [0.1, 0.15) is 11.8 Å². The van der Waals surface area contributed by atoms with Gasteiger partial charge in [0.05, 0.1) is 17.9 Å². The second kappa shape index (κ2) is 8.98. The number of aromatic hydroxyl groups is 1. The first-order valence-electron chi connectivity index (χ1n) is 7.62. The van der Waals surface area contributed by atoms with E-state index in [2.05, 4.69) is 5.32 Å². The number of amides is 1. The van der Waals surface area contributed by atoms with E-state index in [4.69, 9.17) is 4.74 Å². The highest BCUT2D eigenvalue weighted by molar-refractivity contribution is 7.85. The highest BCUT2D eigenvalue weighted by Crippen LogP contribution is 2.11. The maximum atomic E-state index is 12.3. The summed E-state index contributed by atoms with van der Waals surface area (Å²) in [6.07, 6.45) is 0.179. The zero-order valence-corrected chi connectivity index (χ0v) is 14.5. The number of phenolic OH excluding ortho intramolecular Hbond substituents is 1. The minimum absolute atomic E-state index is 0.0410. The van der Waals surface area contributed by atoms with Crippen LogP contribution in [0.15, 0.2) is 59.5 Å². The molecule has 0 fully saturated rings. The van der Waals surface area contributed by atoms with Gasteiger partial charge in [-0.25, -0.2) is 4.79 Å². The predicted octanol–water partition coefficient (Wildman–Crippen LogP) is 1.86. The van der Waals surface area contributed by atoms with E-state index in [0.29, 0.717) is 10.5 Å². The number of benzene rings is 2. The number of methoxy groups -OCH3 is 1. The van der Waals surface area contributed by atoms with E-state index < -0.39 is 28.7 Å². The fourth-order valence-electron chi connectivity index (χ4n) is 2.16. The van der Waals surface area contributed by atoms with Crippen LogP contribution in [-0.4, -0.2) is 40.1 Å². The van der Waals surface area contributed by atoms with Gasteiger partial charge in [0.15, 0.2) is 0 Å². The van der Waals surface area contributed by atoms with Crippen LogP contribution in [0.2, 0.25) is 0 Å². The summed E-state index contributed by atoms with van der Waals surface area (Å²) >= 11 is 0. The minimum atomic E-state index is -1.28. The van der Waals surface area contributed by atoms with Crippen molar-refractivity contribution in [3.63, 3.8) is 0 Å². The number of phenols is 1. The van der Waals surface area contributed by atoms with E-state index in [9.17, 15) is 18.9 Å². The van der Waals surface area contributed by atoms with E-state index in [-0.39, 0.29) is 17.9 Å². The third-order valence-corrected chi connectivity index (χ3v) is 4.92. The summed E-state index contributed by atoms with van der Waals surface area (Å²) in [7, 11) is -0.0447. The van der Waals surface area contributed by atoms with Crippen molar-refractivity contribution in [3.05, 3.63) is 60.2 Å². The molecule has 0 saturated heterocycles. The number of hydrogen-bond acceptors (Lipinski definition) is 5. The van der Waals surface area contributed by atoms with E-state index >= 15 is 0 Å². The molecule has 0 heterocycles. The Morgan fingerprint density at radius 1 is 1.12 bits per heavy atom. The molecule has 2 aromatic carbocycles. The standard InChI is InChI=1S/C18H19NO5S/c1-24-18(22)16(11-12-25(23)15-5-3-2-4-6-15)19-17(21)13-7-9-14(20)10-8-13/h2-10,16,20H,11-12H2,1H3,(H,19,21)/t16-,25+/m0/s1.